The normalized spacial score (nSPS) is 18.3. The predicted molar refractivity (Wildman–Crippen MR) is 127 cm³/mol. The number of anilines is 1. The van der Waals surface area contributed by atoms with Crippen molar-refractivity contribution in [2.24, 2.45) is 10.7 Å². The van der Waals surface area contributed by atoms with Crippen LogP contribution in [0.1, 0.15) is 24.0 Å². The molecule has 1 atom stereocenters. The van der Waals surface area contributed by atoms with Gasteiger partial charge in [-0.3, -0.25) is 0 Å². The fourth-order valence-corrected chi connectivity index (χ4v) is 3.29. The molecule has 0 saturated carbocycles. The van der Waals surface area contributed by atoms with Crippen molar-refractivity contribution in [1.82, 2.24) is 0 Å². The van der Waals surface area contributed by atoms with Crippen LogP contribution in [-0.2, 0) is 11.3 Å². The molecule has 162 valence electrons. The molecule has 0 aromatic heterocycles. The van der Waals surface area contributed by atoms with E-state index in [2.05, 4.69) is 16.4 Å². The smallest absolute Gasteiger partial charge is 0.193 e. The van der Waals surface area contributed by atoms with E-state index >= 15 is 0 Å². The molecular formula is C22H28IN3O4. The van der Waals surface area contributed by atoms with Crippen LogP contribution in [-0.4, -0.2) is 38.5 Å². The van der Waals surface area contributed by atoms with E-state index in [1.54, 1.807) is 0 Å². The summed E-state index contributed by atoms with van der Waals surface area (Å²) in [5.41, 5.74) is 9.05. The largest absolute Gasteiger partial charge is 0.490 e. The fraction of sp³-hybridized carbons (Fsp3) is 0.409. The predicted octanol–water partition coefficient (Wildman–Crippen LogP) is 3.87. The van der Waals surface area contributed by atoms with Crippen LogP contribution in [0, 0.1) is 6.92 Å². The number of fused-ring (bicyclic) bond motifs is 1. The lowest BCUT2D eigenvalue weighted by atomic mass is 10.1. The van der Waals surface area contributed by atoms with Gasteiger partial charge in [-0.25, -0.2) is 4.99 Å². The monoisotopic (exact) mass is 525 g/mol. The zero-order valence-electron chi connectivity index (χ0n) is 17.1. The minimum atomic E-state index is 0. The van der Waals surface area contributed by atoms with Gasteiger partial charge < -0.3 is 30.0 Å². The molecule has 1 fully saturated rings. The van der Waals surface area contributed by atoms with Crippen molar-refractivity contribution < 1.29 is 18.9 Å². The summed E-state index contributed by atoms with van der Waals surface area (Å²) in [4.78, 5) is 4.49. The van der Waals surface area contributed by atoms with Crippen LogP contribution in [0.4, 0.5) is 5.69 Å². The van der Waals surface area contributed by atoms with Gasteiger partial charge in [0.15, 0.2) is 17.5 Å². The van der Waals surface area contributed by atoms with Gasteiger partial charge in [-0.15, -0.1) is 24.0 Å². The van der Waals surface area contributed by atoms with Crippen molar-refractivity contribution in [3.63, 3.8) is 0 Å². The minimum Gasteiger partial charge on any atom is -0.490 e. The first-order chi connectivity index (χ1) is 14.2. The molecule has 0 spiro atoms. The van der Waals surface area contributed by atoms with Crippen LogP contribution in [0.3, 0.4) is 0 Å². The quantitative estimate of drug-likeness (QED) is 0.350. The molecule has 2 aromatic carbocycles. The maximum absolute atomic E-state index is 6.13. The second-order valence-electron chi connectivity index (χ2n) is 7.25. The molecule has 0 amide bonds. The number of benzene rings is 2. The third-order valence-electron chi connectivity index (χ3n) is 4.84. The zero-order chi connectivity index (χ0) is 20.1. The molecule has 4 rings (SSSR count). The number of ether oxygens (including phenoxy) is 4. The topological polar surface area (TPSA) is 87.3 Å². The van der Waals surface area contributed by atoms with E-state index in [1.165, 1.54) is 0 Å². The molecule has 7 nitrogen and oxygen atoms in total. The number of hydrogen-bond donors (Lipinski definition) is 2. The number of aryl methyl sites for hydroxylation is 1. The van der Waals surface area contributed by atoms with E-state index in [9.17, 15) is 0 Å². The summed E-state index contributed by atoms with van der Waals surface area (Å²) in [6.45, 7) is 5.15. The first-order valence-corrected chi connectivity index (χ1v) is 9.98. The fourth-order valence-electron chi connectivity index (χ4n) is 3.29. The Hall–Kier alpha value is -2.20. The van der Waals surface area contributed by atoms with E-state index < -0.39 is 0 Å². The Labute approximate surface area is 194 Å². The third kappa shape index (κ3) is 5.91. The Morgan fingerprint density at radius 1 is 1.13 bits per heavy atom. The Bertz CT molecular complexity index is 885. The maximum atomic E-state index is 6.13. The second-order valence-corrected chi connectivity index (χ2v) is 7.25. The highest BCUT2D eigenvalue weighted by atomic mass is 127. The SMILES string of the molecule is Cc1ccc(CN=C(N)Nc2ccc3c(c2)OCCCO3)c(OC2CCOC2)c1.I. The summed E-state index contributed by atoms with van der Waals surface area (Å²) in [6.07, 6.45) is 1.87. The number of halogens is 1. The van der Waals surface area contributed by atoms with Gasteiger partial charge in [0.1, 0.15) is 11.9 Å². The first-order valence-electron chi connectivity index (χ1n) is 9.98. The van der Waals surface area contributed by atoms with Crippen molar-refractivity contribution in [1.29, 1.82) is 0 Å². The van der Waals surface area contributed by atoms with Gasteiger partial charge in [-0.1, -0.05) is 12.1 Å². The summed E-state index contributed by atoms with van der Waals surface area (Å²) < 4.78 is 22.9. The number of aliphatic imine (C=N–C) groups is 1. The number of nitrogens with two attached hydrogens (primary N) is 1. The summed E-state index contributed by atoms with van der Waals surface area (Å²) in [5, 5.41) is 3.12. The van der Waals surface area contributed by atoms with E-state index in [0.29, 0.717) is 38.1 Å². The molecule has 8 heteroatoms. The van der Waals surface area contributed by atoms with Crippen LogP contribution in [0.2, 0.25) is 0 Å². The van der Waals surface area contributed by atoms with Crippen molar-refractivity contribution in [3.05, 3.63) is 47.5 Å². The molecule has 1 saturated heterocycles. The Morgan fingerprint density at radius 2 is 1.97 bits per heavy atom. The zero-order valence-corrected chi connectivity index (χ0v) is 19.4. The highest BCUT2D eigenvalue weighted by Gasteiger charge is 2.18. The number of nitrogens with zero attached hydrogens (tertiary/aromatic N) is 1. The van der Waals surface area contributed by atoms with Crippen LogP contribution in [0.15, 0.2) is 41.4 Å². The molecule has 2 aromatic rings. The van der Waals surface area contributed by atoms with Gasteiger partial charge in [-0.05, 0) is 30.7 Å². The van der Waals surface area contributed by atoms with E-state index in [-0.39, 0.29) is 30.1 Å². The van der Waals surface area contributed by atoms with E-state index in [4.69, 9.17) is 24.7 Å². The number of rotatable bonds is 5. The lowest BCUT2D eigenvalue weighted by Gasteiger charge is -2.16. The summed E-state index contributed by atoms with van der Waals surface area (Å²) in [7, 11) is 0. The average Bonchev–Trinajstić information content (AvgIpc) is 3.10. The third-order valence-corrected chi connectivity index (χ3v) is 4.84. The Kier molecular flexibility index (Phi) is 8.03. The van der Waals surface area contributed by atoms with Gasteiger partial charge >= 0.3 is 0 Å². The summed E-state index contributed by atoms with van der Waals surface area (Å²) in [5.74, 6) is 2.64. The first kappa shape index (κ1) is 22.5. The van der Waals surface area contributed by atoms with Crippen LogP contribution >= 0.6 is 24.0 Å². The lowest BCUT2D eigenvalue weighted by molar-refractivity contribution is 0.140. The van der Waals surface area contributed by atoms with E-state index in [1.807, 2.05) is 37.3 Å². The maximum Gasteiger partial charge on any atom is 0.193 e. The van der Waals surface area contributed by atoms with Crippen LogP contribution < -0.4 is 25.3 Å². The molecule has 0 radical (unpaired) electrons. The standard InChI is InChI=1S/C22H27N3O4.HI/c1-15-3-4-16(20(11-15)29-18-7-10-26-14-18)13-24-22(23)25-17-5-6-19-21(12-17)28-9-2-8-27-19;/h3-6,11-12,18H,2,7-10,13-14H2,1H3,(H3,23,24,25);1H. The molecule has 0 aliphatic carbocycles. The number of nitrogens with one attached hydrogen (secondary N) is 1. The molecule has 30 heavy (non-hydrogen) atoms. The summed E-state index contributed by atoms with van der Waals surface area (Å²) in [6, 6.07) is 11.8. The molecular weight excluding hydrogens is 497 g/mol. The van der Waals surface area contributed by atoms with Gasteiger partial charge in [-0.2, -0.15) is 0 Å². The van der Waals surface area contributed by atoms with Crippen molar-refractivity contribution in [2.45, 2.75) is 32.4 Å². The Morgan fingerprint density at radius 3 is 2.77 bits per heavy atom. The van der Waals surface area contributed by atoms with Gasteiger partial charge in [0, 0.05) is 30.2 Å². The molecule has 2 aliphatic rings. The molecule has 0 bridgehead atoms. The number of guanidine groups is 1. The molecule has 2 heterocycles. The molecule has 2 aliphatic heterocycles. The minimum absolute atomic E-state index is 0. The van der Waals surface area contributed by atoms with Crippen LogP contribution in [0.25, 0.3) is 0 Å². The van der Waals surface area contributed by atoms with Gasteiger partial charge in [0.05, 0.1) is 33.0 Å². The van der Waals surface area contributed by atoms with Crippen molar-refractivity contribution in [2.75, 3.05) is 31.7 Å². The average molecular weight is 525 g/mol. The Balaban J connectivity index is 0.00000256. The second kappa shape index (κ2) is 10.7. The van der Waals surface area contributed by atoms with Crippen molar-refractivity contribution in [3.8, 4) is 17.2 Å². The highest BCUT2D eigenvalue weighted by Crippen LogP contribution is 2.32. The number of hydrogen-bond acceptors (Lipinski definition) is 5. The van der Waals surface area contributed by atoms with Crippen molar-refractivity contribution >= 4 is 35.6 Å². The van der Waals surface area contributed by atoms with Gasteiger partial charge in [0.25, 0.3) is 0 Å². The lowest BCUT2D eigenvalue weighted by Crippen LogP contribution is -2.22. The highest BCUT2D eigenvalue weighted by molar-refractivity contribution is 14.0. The molecule has 3 N–H and O–H groups in total. The molecule has 1 unspecified atom stereocenters. The summed E-state index contributed by atoms with van der Waals surface area (Å²) >= 11 is 0. The van der Waals surface area contributed by atoms with Gasteiger partial charge in [0.2, 0.25) is 0 Å². The van der Waals surface area contributed by atoms with E-state index in [0.717, 1.165) is 47.8 Å². The van der Waals surface area contributed by atoms with Crippen LogP contribution in [0.5, 0.6) is 17.2 Å².